The van der Waals surface area contributed by atoms with Crippen molar-refractivity contribution in [1.29, 1.82) is 0 Å². The molecular weight excluding hydrogens is 283 g/mol. The number of benzene rings is 1. The van der Waals surface area contributed by atoms with Gasteiger partial charge in [0.05, 0.1) is 0 Å². The van der Waals surface area contributed by atoms with E-state index in [1.807, 2.05) is 30.3 Å². The second-order valence-corrected chi connectivity index (χ2v) is 4.78. The number of ether oxygens (including phenoxy) is 1. The van der Waals surface area contributed by atoms with Crippen LogP contribution in [0.4, 0.5) is 13.2 Å². The molecule has 3 nitrogen and oxygen atoms in total. The Morgan fingerprint density at radius 3 is 2.57 bits per heavy atom. The summed E-state index contributed by atoms with van der Waals surface area (Å²) in [7, 11) is 1.47. The number of likely N-dealkylation sites (N-methyl/N-ethyl adjacent to an activating group) is 1. The average molecular weight is 299 g/mol. The van der Waals surface area contributed by atoms with Crippen LogP contribution >= 0.6 is 0 Å². The van der Waals surface area contributed by atoms with Crippen LogP contribution in [0.1, 0.15) is 5.56 Å². The van der Waals surface area contributed by atoms with E-state index in [1.54, 1.807) is 6.08 Å². The molecule has 0 saturated heterocycles. The molecular formula is C15H16F3NO2. The minimum atomic E-state index is -4.71. The van der Waals surface area contributed by atoms with E-state index >= 15 is 0 Å². The summed E-state index contributed by atoms with van der Waals surface area (Å²) in [4.78, 5) is 1.29. The smallest absolute Gasteiger partial charge is 0.416 e. The Morgan fingerprint density at radius 1 is 1.29 bits per heavy atom. The van der Waals surface area contributed by atoms with Crippen molar-refractivity contribution in [1.82, 2.24) is 4.90 Å². The maximum absolute atomic E-state index is 12.8. The Bertz CT molecular complexity index is 525. The third-order valence-corrected chi connectivity index (χ3v) is 3.19. The minimum Gasteiger partial charge on any atom is -0.491 e. The highest BCUT2D eigenvalue weighted by molar-refractivity contribution is 5.22. The molecule has 0 saturated carbocycles. The quantitative estimate of drug-likeness (QED) is 0.928. The van der Waals surface area contributed by atoms with Gasteiger partial charge in [0.1, 0.15) is 18.4 Å². The van der Waals surface area contributed by atoms with Crippen LogP contribution in [0.2, 0.25) is 0 Å². The Labute approximate surface area is 120 Å². The maximum atomic E-state index is 12.8. The van der Waals surface area contributed by atoms with E-state index in [0.717, 1.165) is 5.56 Å². The van der Waals surface area contributed by atoms with Crippen molar-refractivity contribution < 1.29 is 23.0 Å². The topological polar surface area (TPSA) is 32.7 Å². The molecule has 21 heavy (non-hydrogen) atoms. The lowest BCUT2D eigenvalue weighted by Crippen LogP contribution is -2.49. The summed E-state index contributed by atoms with van der Waals surface area (Å²) < 4.78 is 43.8. The molecule has 1 aliphatic heterocycles. The molecule has 1 heterocycles. The van der Waals surface area contributed by atoms with E-state index in [-0.39, 0.29) is 12.4 Å². The third kappa shape index (κ3) is 3.78. The number of aliphatic hydroxyl groups excluding tert-OH is 1. The molecule has 1 N–H and O–H groups in total. The van der Waals surface area contributed by atoms with Gasteiger partial charge >= 0.3 is 6.18 Å². The fraction of sp³-hybridized carbons (Fsp3) is 0.333. The first-order valence-electron chi connectivity index (χ1n) is 6.41. The fourth-order valence-electron chi connectivity index (χ4n) is 2.10. The van der Waals surface area contributed by atoms with Crippen molar-refractivity contribution in [3.05, 3.63) is 60.0 Å². The van der Waals surface area contributed by atoms with Crippen LogP contribution in [-0.2, 0) is 11.3 Å². The zero-order chi connectivity index (χ0) is 15.5. The highest BCUT2D eigenvalue weighted by Gasteiger charge is 2.47. The lowest BCUT2D eigenvalue weighted by Gasteiger charge is -2.35. The number of aliphatic hydroxyl groups is 1. The van der Waals surface area contributed by atoms with Crippen LogP contribution in [0.25, 0.3) is 0 Å². The minimum absolute atomic E-state index is 0.0914. The van der Waals surface area contributed by atoms with Crippen molar-refractivity contribution in [2.75, 3.05) is 7.05 Å². The van der Waals surface area contributed by atoms with Crippen LogP contribution in [-0.4, -0.2) is 35.4 Å². The molecule has 1 aromatic carbocycles. The van der Waals surface area contributed by atoms with Gasteiger partial charge in [0.25, 0.3) is 0 Å². The molecule has 0 radical (unpaired) electrons. The van der Waals surface area contributed by atoms with Gasteiger partial charge in [-0.15, -0.1) is 0 Å². The van der Waals surface area contributed by atoms with Crippen LogP contribution in [0, 0.1) is 0 Å². The predicted molar refractivity (Wildman–Crippen MR) is 72.1 cm³/mol. The van der Waals surface area contributed by atoms with E-state index in [2.05, 4.69) is 0 Å². The monoisotopic (exact) mass is 299 g/mol. The molecule has 1 aromatic rings. The SMILES string of the molecule is CN1C=CC=C(OCc2ccccc2)C1C(O)C(F)(F)F. The molecule has 2 unspecified atom stereocenters. The van der Waals surface area contributed by atoms with Crippen molar-refractivity contribution in [2.45, 2.75) is 24.9 Å². The van der Waals surface area contributed by atoms with Gasteiger partial charge in [-0.1, -0.05) is 30.3 Å². The number of hydrogen-bond acceptors (Lipinski definition) is 3. The molecule has 6 heteroatoms. The van der Waals surface area contributed by atoms with Gasteiger partial charge in [0.2, 0.25) is 0 Å². The summed E-state index contributed by atoms with van der Waals surface area (Å²) in [5, 5.41) is 9.53. The zero-order valence-electron chi connectivity index (χ0n) is 11.4. The largest absolute Gasteiger partial charge is 0.491 e. The van der Waals surface area contributed by atoms with Gasteiger partial charge in [0, 0.05) is 7.05 Å². The number of nitrogens with zero attached hydrogens (tertiary/aromatic N) is 1. The highest BCUT2D eigenvalue weighted by atomic mass is 19.4. The van der Waals surface area contributed by atoms with E-state index in [4.69, 9.17) is 4.74 Å². The first-order valence-corrected chi connectivity index (χ1v) is 6.41. The zero-order valence-corrected chi connectivity index (χ0v) is 11.4. The molecule has 0 bridgehead atoms. The molecule has 0 amide bonds. The summed E-state index contributed by atoms with van der Waals surface area (Å²) >= 11 is 0. The molecule has 2 rings (SSSR count). The number of halogens is 3. The van der Waals surface area contributed by atoms with Gasteiger partial charge in [0.15, 0.2) is 6.10 Å². The molecule has 2 atom stereocenters. The molecule has 1 aliphatic rings. The third-order valence-electron chi connectivity index (χ3n) is 3.19. The number of allylic oxidation sites excluding steroid dienone is 2. The number of hydrogen-bond donors (Lipinski definition) is 1. The van der Waals surface area contributed by atoms with Crippen molar-refractivity contribution in [3.63, 3.8) is 0 Å². The van der Waals surface area contributed by atoms with Crippen molar-refractivity contribution in [2.24, 2.45) is 0 Å². The first-order chi connectivity index (χ1) is 9.89. The van der Waals surface area contributed by atoms with Gasteiger partial charge in [-0.25, -0.2) is 0 Å². The van der Waals surface area contributed by atoms with Crippen LogP contribution in [0.15, 0.2) is 54.4 Å². The van der Waals surface area contributed by atoms with Crippen LogP contribution in [0.5, 0.6) is 0 Å². The number of alkyl halides is 3. The molecule has 0 fully saturated rings. The van der Waals surface area contributed by atoms with Crippen LogP contribution in [0.3, 0.4) is 0 Å². The summed E-state index contributed by atoms with van der Waals surface area (Å²) in [5.74, 6) is 0.0914. The van der Waals surface area contributed by atoms with Crippen molar-refractivity contribution in [3.8, 4) is 0 Å². The summed E-state index contributed by atoms with van der Waals surface area (Å²) in [6, 6.07) is 7.84. The van der Waals surface area contributed by atoms with Gasteiger partial charge < -0.3 is 14.7 Å². The molecule has 0 aliphatic carbocycles. The Kier molecular flexibility index (Phi) is 4.57. The van der Waals surface area contributed by atoms with E-state index in [0.29, 0.717) is 0 Å². The maximum Gasteiger partial charge on any atom is 0.416 e. The summed E-state index contributed by atoms with van der Waals surface area (Å²) in [6.45, 7) is 0.148. The normalized spacial score (nSPS) is 20.1. The summed E-state index contributed by atoms with van der Waals surface area (Å²) in [6.07, 6.45) is -2.72. The van der Waals surface area contributed by atoms with Gasteiger partial charge in [-0.05, 0) is 23.9 Å². The second-order valence-electron chi connectivity index (χ2n) is 4.78. The Hall–Kier alpha value is -1.95. The fourth-order valence-corrected chi connectivity index (χ4v) is 2.10. The lowest BCUT2D eigenvalue weighted by atomic mass is 10.0. The predicted octanol–water partition coefficient (Wildman–Crippen LogP) is 2.84. The van der Waals surface area contributed by atoms with E-state index in [9.17, 15) is 18.3 Å². The summed E-state index contributed by atoms with van der Waals surface area (Å²) in [5.41, 5.74) is 0.843. The first kappa shape index (κ1) is 15.4. The Morgan fingerprint density at radius 2 is 1.95 bits per heavy atom. The van der Waals surface area contributed by atoms with Crippen molar-refractivity contribution >= 4 is 0 Å². The molecule has 0 aromatic heterocycles. The molecule has 0 spiro atoms. The van der Waals surface area contributed by atoms with E-state index < -0.39 is 18.3 Å². The van der Waals surface area contributed by atoms with E-state index in [1.165, 1.54) is 24.2 Å². The average Bonchev–Trinajstić information content (AvgIpc) is 2.44. The van der Waals surface area contributed by atoms with Gasteiger partial charge in [-0.2, -0.15) is 13.2 Å². The standard InChI is InChI=1S/C15H16F3NO2/c1-19-9-5-8-12(13(19)14(20)15(16,17)18)21-10-11-6-3-2-4-7-11/h2-9,13-14,20H,10H2,1H3. The van der Waals surface area contributed by atoms with Gasteiger partial charge in [-0.3, -0.25) is 0 Å². The second kappa shape index (κ2) is 6.22. The Balaban J connectivity index is 2.11. The number of rotatable bonds is 4. The molecule has 114 valence electrons. The highest BCUT2D eigenvalue weighted by Crippen LogP contribution is 2.30. The lowest BCUT2D eigenvalue weighted by molar-refractivity contribution is -0.218. The van der Waals surface area contributed by atoms with Crippen LogP contribution < -0.4 is 0 Å².